The van der Waals surface area contributed by atoms with Gasteiger partial charge in [-0.05, 0) is 12.3 Å². The third kappa shape index (κ3) is 3.80. The van der Waals surface area contributed by atoms with E-state index in [4.69, 9.17) is 15.2 Å². The minimum Gasteiger partial charge on any atom is -0.467 e. The quantitative estimate of drug-likeness (QED) is 0.786. The molecule has 0 fully saturated rings. The highest BCUT2D eigenvalue weighted by Gasteiger charge is 2.33. The standard InChI is InChI=1S/C11H18N4O4S/c1-6(2)5-7(8(16)18-3)15(9(12)17)11-13-10(19-4)14-20-11/h6-7H,5H2,1-4H3,(H2,12,17)/t7-/m0/s1. The Labute approximate surface area is 121 Å². The molecule has 0 saturated heterocycles. The van der Waals surface area contributed by atoms with Crippen LogP contribution in [0, 0.1) is 5.92 Å². The molecule has 0 radical (unpaired) electrons. The van der Waals surface area contributed by atoms with Crippen molar-refractivity contribution in [2.45, 2.75) is 26.3 Å². The molecule has 9 heteroatoms. The highest BCUT2D eigenvalue weighted by molar-refractivity contribution is 7.10. The number of nitrogens with zero attached hydrogens (tertiary/aromatic N) is 3. The number of hydrogen-bond acceptors (Lipinski definition) is 7. The second-order valence-electron chi connectivity index (χ2n) is 4.44. The molecule has 2 N–H and O–H groups in total. The Kier molecular flexibility index (Phi) is 5.68. The average molecular weight is 302 g/mol. The predicted molar refractivity (Wildman–Crippen MR) is 73.8 cm³/mol. The molecule has 1 atom stereocenters. The summed E-state index contributed by atoms with van der Waals surface area (Å²) in [5.41, 5.74) is 5.37. The van der Waals surface area contributed by atoms with Gasteiger partial charge in [-0.3, -0.25) is 4.90 Å². The van der Waals surface area contributed by atoms with Crippen LogP contribution in [-0.2, 0) is 9.53 Å². The molecule has 0 aliphatic rings. The molecule has 1 aromatic heterocycles. The van der Waals surface area contributed by atoms with Gasteiger partial charge in [-0.15, -0.1) is 4.37 Å². The zero-order valence-electron chi connectivity index (χ0n) is 11.8. The maximum Gasteiger partial charge on any atom is 0.329 e. The van der Waals surface area contributed by atoms with Crippen molar-refractivity contribution in [1.29, 1.82) is 0 Å². The van der Waals surface area contributed by atoms with Crippen LogP contribution in [0.2, 0.25) is 0 Å². The van der Waals surface area contributed by atoms with E-state index < -0.39 is 18.0 Å². The molecule has 0 aromatic carbocycles. The lowest BCUT2D eigenvalue weighted by Crippen LogP contribution is -2.49. The molecule has 112 valence electrons. The first-order valence-corrected chi connectivity index (χ1v) is 6.72. The van der Waals surface area contributed by atoms with Gasteiger partial charge in [0.1, 0.15) is 6.04 Å². The Morgan fingerprint density at radius 2 is 2.05 bits per heavy atom. The Bertz CT molecular complexity index is 477. The minimum atomic E-state index is -0.838. The number of ether oxygens (including phenoxy) is 2. The lowest BCUT2D eigenvalue weighted by molar-refractivity contribution is -0.142. The second-order valence-corrected chi connectivity index (χ2v) is 5.17. The largest absolute Gasteiger partial charge is 0.467 e. The zero-order chi connectivity index (χ0) is 15.3. The summed E-state index contributed by atoms with van der Waals surface area (Å²) in [6, 6.07) is -1.51. The second kappa shape index (κ2) is 7.04. The van der Waals surface area contributed by atoms with E-state index in [0.717, 1.165) is 16.4 Å². The molecule has 1 rings (SSSR count). The Balaban J connectivity index is 3.13. The average Bonchev–Trinajstić information content (AvgIpc) is 2.84. The topological polar surface area (TPSA) is 108 Å². The van der Waals surface area contributed by atoms with Gasteiger partial charge in [0, 0.05) is 11.5 Å². The molecule has 2 amide bonds. The number of primary amides is 1. The van der Waals surface area contributed by atoms with E-state index >= 15 is 0 Å². The van der Waals surface area contributed by atoms with Gasteiger partial charge in [0.15, 0.2) is 0 Å². The van der Waals surface area contributed by atoms with E-state index in [0.29, 0.717) is 6.42 Å². The first kappa shape index (κ1) is 16.2. The van der Waals surface area contributed by atoms with Crippen LogP contribution in [0.1, 0.15) is 20.3 Å². The summed E-state index contributed by atoms with van der Waals surface area (Å²) < 4.78 is 13.5. The normalized spacial score (nSPS) is 12.1. The molecular weight excluding hydrogens is 284 g/mol. The van der Waals surface area contributed by atoms with E-state index in [9.17, 15) is 9.59 Å². The van der Waals surface area contributed by atoms with Crippen LogP contribution >= 0.6 is 11.5 Å². The molecule has 0 unspecified atom stereocenters. The van der Waals surface area contributed by atoms with E-state index in [1.807, 2.05) is 13.8 Å². The molecule has 0 saturated carbocycles. The number of carbonyl (C=O) groups is 2. The molecule has 1 heterocycles. The SMILES string of the molecule is COC(=O)[C@H](CC(C)C)N(C(N)=O)c1nc(OC)ns1. The number of nitrogens with two attached hydrogens (primary N) is 1. The summed E-state index contributed by atoms with van der Waals surface area (Å²) in [6.07, 6.45) is 0.400. The number of anilines is 1. The van der Waals surface area contributed by atoms with Gasteiger partial charge in [0.2, 0.25) is 5.13 Å². The first-order valence-electron chi connectivity index (χ1n) is 5.94. The molecule has 1 aromatic rings. The fraction of sp³-hybridized carbons (Fsp3) is 0.636. The van der Waals surface area contributed by atoms with Gasteiger partial charge in [-0.2, -0.15) is 4.98 Å². The van der Waals surface area contributed by atoms with Gasteiger partial charge in [-0.1, -0.05) is 13.8 Å². The van der Waals surface area contributed by atoms with Crippen LogP contribution in [0.15, 0.2) is 0 Å². The molecule has 0 aliphatic heterocycles. The third-order valence-corrected chi connectivity index (χ3v) is 3.20. The van der Waals surface area contributed by atoms with Gasteiger partial charge in [0.25, 0.3) is 0 Å². The van der Waals surface area contributed by atoms with E-state index in [2.05, 4.69) is 9.36 Å². The van der Waals surface area contributed by atoms with E-state index in [1.165, 1.54) is 14.2 Å². The first-order chi connectivity index (χ1) is 9.40. The summed E-state index contributed by atoms with van der Waals surface area (Å²) in [6.45, 7) is 3.85. The van der Waals surface area contributed by atoms with Gasteiger partial charge in [-0.25, -0.2) is 9.59 Å². The monoisotopic (exact) mass is 302 g/mol. The number of carbonyl (C=O) groups excluding carboxylic acids is 2. The number of amides is 2. The summed E-state index contributed by atoms with van der Waals surface area (Å²) in [5, 5.41) is 0.199. The summed E-state index contributed by atoms with van der Waals surface area (Å²) in [7, 11) is 2.67. The van der Waals surface area contributed by atoms with E-state index in [1.54, 1.807) is 0 Å². The number of urea groups is 1. The lowest BCUT2D eigenvalue weighted by Gasteiger charge is -2.26. The lowest BCUT2D eigenvalue weighted by atomic mass is 10.0. The smallest absolute Gasteiger partial charge is 0.329 e. The van der Waals surface area contributed by atoms with Crippen LogP contribution in [0.3, 0.4) is 0 Å². The summed E-state index contributed by atoms with van der Waals surface area (Å²) in [4.78, 5) is 28.7. The zero-order valence-corrected chi connectivity index (χ0v) is 12.6. The molecular formula is C11H18N4O4S. The Morgan fingerprint density at radius 3 is 2.45 bits per heavy atom. The highest BCUT2D eigenvalue weighted by atomic mass is 32.1. The van der Waals surface area contributed by atoms with Gasteiger partial charge >= 0.3 is 18.0 Å². The third-order valence-electron chi connectivity index (χ3n) is 2.50. The highest BCUT2D eigenvalue weighted by Crippen LogP contribution is 2.25. The Hall–Kier alpha value is -1.90. The fourth-order valence-corrected chi connectivity index (χ4v) is 2.35. The van der Waals surface area contributed by atoms with Crippen LogP contribution in [0.25, 0.3) is 0 Å². The molecule has 8 nitrogen and oxygen atoms in total. The predicted octanol–water partition coefficient (Wildman–Crippen LogP) is 1.02. The van der Waals surface area contributed by atoms with Crippen molar-refractivity contribution in [2.24, 2.45) is 11.7 Å². The van der Waals surface area contributed by atoms with Crippen molar-refractivity contribution < 1.29 is 19.1 Å². The van der Waals surface area contributed by atoms with Crippen molar-refractivity contribution in [2.75, 3.05) is 19.1 Å². The molecule has 0 spiro atoms. The van der Waals surface area contributed by atoms with Gasteiger partial charge in [0.05, 0.1) is 14.2 Å². The summed E-state index contributed by atoms with van der Waals surface area (Å²) >= 11 is 0.925. The minimum absolute atomic E-state index is 0.115. The molecule has 0 bridgehead atoms. The molecule has 20 heavy (non-hydrogen) atoms. The number of esters is 1. The van der Waals surface area contributed by atoms with Crippen LogP contribution in [0.5, 0.6) is 6.01 Å². The van der Waals surface area contributed by atoms with Crippen LogP contribution in [0.4, 0.5) is 9.93 Å². The summed E-state index contributed by atoms with van der Waals surface area (Å²) in [5.74, 6) is -0.387. The van der Waals surface area contributed by atoms with Crippen LogP contribution in [-0.4, -0.2) is 41.6 Å². The number of methoxy groups -OCH3 is 2. The van der Waals surface area contributed by atoms with Crippen molar-refractivity contribution >= 4 is 28.7 Å². The molecule has 0 aliphatic carbocycles. The van der Waals surface area contributed by atoms with Crippen molar-refractivity contribution in [3.8, 4) is 6.01 Å². The van der Waals surface area contributed by atoms with Crippen molar-refractivity contribution in [1.82, 2.24) is 9.36 Å². The fourth-order valence-electron chi connectivity index (χ4n) is 1.65. The maximum atomic E-state index is 11.9. The number of hydrogen-bond donors (Lipinski definition) is 1. The maximum absolute atomic E-state index is 11.9. The Morgan fingerprint density at radius 1 is 1.40 bits per heavy atom. The van der Waals surface area contributed by atoms with Crippen molar-refractivity contribution in [3.05, 3.63) is 0 Å². The van der Waals surface area contributed by atoms with E-state index in [-0.39, 0.29) is 17.1 Å². The number of rotatable bonds is 6. The van der Waals surface area contributed by atoms with Gasteiger partial charge < -0.3 is 15.2 Å². The van der Waals surface area contributed by atoms with Crippen molar-refractivity contribution in [3.63, 3.8) is 0 Å². The van der Waals surface area contributed by atoms with Crippen LogP contribution < -0.4 is 15.4 Å². The number of aromatic nitrogens is 2.